The highest BCUT2D eigenvalue weighted by molar-refractivity contribution is 6.52. The normalized spacial score (nSPS) is 13.9. The van der Waals surface area contributed by atoms with Crippen molar-refractivity contribution in [1.82, 2.24) is 0 Å². The number of nitrogens with zero attached hydrogens (tertiary/aromatic N) is 1. The minimum atomic E-state index is -0.681. The van der Waals surface area contributed by atoms with Gasteiger partial charge < -0.3 is 4.74 Å². The average molecular weight is 233 g/mol. The van der Waals surface area contributed by atoms with E-state index in [1.54, 1.807) is 25.1 Å². The van der Waals surface area contributed by atoms with Crippen LogP contribution in [0.3, 0.4) is 0 Å². The zero-order chi connectivity index (χ0) is 12.6. The Morgan fingerprint density at radius 1 is 1.35 bits per heavy atom. The van der Waals surface area contributed by atoms with Crippen LogP contribution in [0, 0.1) is 6.92 Å². The Balaban J connectivity index is 2.47. The van der Waals surface area contributed by atoms with Crippen molar-refractivity contribution in [3.8, 4) is 0 Å². The maximum absolute atomic E-state index is 11.7. The Hall–Kier alpha value is -2.17. The molecule has 0 radical (unpaired) electrons. The van der Waals surface area contributed by atoms with E-state index in [1.165, 1.54) is 12.0 Å². The number of benzene rings is 1. The number of Topliss-reactive ketones (excluding diaryl/α,β-unsaturated/α-hetero) is 1. The van der Waals surface area contributed by atoms with E-state index in [9.17, 15) is 14.4 Å². The number of anilines is 1. The van der Waals surface area contributed by atoms with Gasteiger partial charge in [0, 0.05) is 0 Å². The van der Waals surface area contributed by atoms with Crippen LogP contribution in [0.2, 0.25) is 0 Å². The molecule has 0 fully saturated rings. The molecule has 0 unspecified atom stereocenters. The lowest BCUT2D eigenvalue weighted by Crippen LogP contribution is -2.35. The summed E-state index contributed by atoms with van der Waals surface area (Å²) in [6.07, 6.45) is 0. The molecule has 5 nitrogen and oxygen atoms in total. The van der Waals surface area contributed by atoms with Gasteiger partial charge in [0.25, 0.3) is 11.7 Å². The molecular formula is C12H11NO4. The summed E-state index contributed by atoms with van der Waals surface area (Å²) in [6, 6.07) is 5.08. The number of hydrogen-bond donors (Lipinski definition) is 0. The van der Waals surface area contributed by atoms with Crippen molar-refractivity contribution < 1.29 is 19.1 Å². The highest BCUT2D eigenvalue weighted by atomic mass is 16.5. The van der Waals surface area contributed by atoms with Crippen molar-refractivity contribution >= 4 is 23.3 Å². The van der Waals surface area contributed by atoms with Gasteiger partial charge in [-0.1, -0.05) is 12.1 Å². The van der Waals surface area contributed by atoms with E-state index in [2.05, 4.69) is 4.74 Å². The molecule has 1 heterocycles. The highest BCUT2D eigenvalue weighted by Crippen LogP contribution is 2.31. The van der Waals surface area contributed by atoms with Crippen LogP contribution in [-0.4, -0.2) is 31.3 Å². The molecule has 0 saturated carbocycles. The first-order valence-corrected chi connectivity index (χ1v) is 5.09. The van der Waals surface area contributed by atoms with E-state index >= 15 is 0 Å². The van der Waals surface area contributed by atoms with Crippen LogP contribution < -0.4 is 4.90 Å². The molecule has 0 atom stereocenters. The summed E-state index contributed by atoms with van der Waals surface area (Å²) in [7, 11) is 1.24. The molecule has 0 spiro atoms. The number of fused-ring (bicyclic) bond motifs is 1. The average Bonchev–Trinajstić information content (AvgIpc) is 2.56. The molecule has 0 aliphatic carbocycles. The highest BCUT2D eigenvalue weighted by Gasteiger charge is 2.37. The van der Waals surface area contributed by atoms with Crippen LogP contribution in [0.1, 0.15) is 15.9 Å². The number of carbonyl (C=O) groups is 3. The summed E-state index contributed by atoms with van der Waals surface area (Å²) >= 11 is 0. The van der Waals surface area contributed by atoms with Crippen molar-refractivity contribution in [1.29, 1.82) is 0 Å². The SMILES string of the molecule is COC(=O)CN1C(=O)C(=O)c2cccc(C)c21. The smallest absolute Gasteiger partial charge is 0.325 e. The molecule has 1 amide bonds. The largest absolute Gasteiger partial charge is 0.468 e. The van der Waals surface area contributed by atoms with E-state index < -0.39 is 17.7 Å². The topological polar surface area (TPSA) is 63.7 Å². The molecule has 1 aromatic rings. The predicted octanol–water partition coefficient (Wildman–Crippen LogP) is 0.697. The summed E-state index contributed by atoms with van der Waals surface area (Å²) in [5.74, 6) is -1.81. The van der Waals surface area contributed by atoms with Crippen LogP contribution in [0.25, 0.3) is 0 Å². The summed E-state index contributed by atoms with van der Waals surface area (Å²) in [6.45, 7) is 1.55. The summed E-state index contributed by atoms with van der Waals surface area (Å²) in [4.78, 5) is 35.8. The van der Waals surface area contributed by atoms with Gasteiger partial charge in [-0.25, -0.2) is 0 Å². The number of aryl methyl sites for hydroxylation is 1. The van der Waals surface area contributed by atoms with Crippen molar-refractivity contribution in [2.45, 2.75) is 6.92 Å². The molecule has 88 valence electrons. The first-order chi connectivity index (χ1) is 8.06. The zero-order valence-corrected chi connectivity index (χ0v) is 9.52. The second-order valence-electron chi connectivity index (χ2n) is 3.77. The fourth-order valence-electron chi connectivity index (χ4n) is 1.88. The third kappa shape index (κ3) is 1.69. The van der Waals surface area contributed by atoms with E-state index in [4.69, 9.17) is 0 Å². The lowest BCUT2D eigenvalue weighted by atomic mass is 10.1. The van der Waals surface area contributed by atoms with Crippen LogP contribution in [-0.2, 0) is 14.3 Å². The molecule has 0 saturated heterocycles. The van der Waals surface area contributed by atoms with Crippen molar-refractivity contribution in [2.75, 3.05) is 18.6 Å². The number of esters is 1. The van der Waals surface area contributed by atoms with E-state index in [1.807, 2.05) is 0 Å². The summed E-state index contributed by atoms with van der Waals surface area (Å²) in [5, 5.41) is 0. The van der Waals surface area contributed by atoms with E-state index in [0.717, 1.165) is 5.56 Å². The Kier molecular flexibility index (Phi) is 2.67. The first kappa shape index (κ1) is 11.3. The zero-order valence-electron chi connectivity index (χ0n) is 9.52. The number of para-hydroxylation sites is 1. The van der Waals surface area contributed by atoms with Gasteiger partial charge in [0.05, 0.1) is 18.4 Å². The molecule has 1 aliphatic rings. The number of amides is 1. The third-order valence-corrected chi connectivity index (χ3v) is 2.71. The minimum Gasteiger partial charge on any atom is -0.468 e. The van der Waals surface area contributed by atoms with Crippen LogP contribution in [0.5, 0.6) is 0 Å². The molecule has 1 aliphatic heterocycles. The van der Waals surface area contributed by atoms with Crippen LogP contribution >= 0.6 is 0 Å². The third-order valence-electron chi connectivity index (χ3n) is 2.71. The second-order valence-corrected chi connectivity index (χ2v) is 3.77. The first-order valence-electron chi connectivity index (χ1n) is 5.09. The number of hydrogen-bond acceptors (Lipinski definition) is 4. The Labute approximate surface area is 98.0 Å². The lowest BCUT2D eigenvalue weighted by molar-refractivity contribution is -0.139. The fraction of sp³-hybridized carbons (Fsp3) is 0.250. The number of ether oxygens (including phenoxy) is 1. The van der Waals surface area contributed by atoms with Crippen LogP contribution in [0.4, 0.5) is 5.69 Å². The van der Waals surface area contributed by atoms with Crippen molar-refractivity contribution in [3.05, 3.63) is 29.3 Å². The maximum Gasteiger partial charge on any atom is 0.325 e. The Morgan fingerprint density at radius 3 is 2.71 bits per heavy atom. The molecule has 1 aromatic carbocycles. The molecule has 2 rings (SSSR count). The molecular weight excluding hydrogens is 222 g/mol. The number of methoxy groups -OCH3 is 1. The molecule has 0 N–H and O–H groups in total. The van der Waals surface area contributed by atoms with Gasteiger partial charge in [0.2, 0.25) is 0 Å². The second kappa shape index (κ2) is 4.01. The van der Waals surface area contributed by atoms with Gasteiger partial charge in [-0.2, -0.15) is 0 Å². The lowest BCUT2D eigenvalue weighted by Gasteiger charge is -2.16. The Morgan fingerprint density at radius 2 is 2.06 bits per heavy atom. The van der Waals surface area contributed by atoms with E-state index in [0.29, 0.717) is 11.3 Å². The van der Waals surface area contributed by atoms with Crippen molar-refractivity contribution in [3.63, 3.8) is 0 Å². The molecule has 0 bridgehead atoms. The predicted molar refractivity (Wildman–Crippen MR) is 59.9 cm³/mol. The van der Waals surface area contributed by atoms with Gasteiger partial charge in [-0.15, -0.1) is 0 Å². The van der Waals surface area contributed by atoms with Gasteiger partial charge in [-0.3, -0.25) is 19.3 Å². The van der Waals surface area contributed by atoms with Crippen molar-refractivity contribution in [2.24, 2.45) is 0 Å². The molecule has 17 heavy (non-hydrogen) atoms. The van der Waals surface area contributed by atoms with Crippen LogP contribution in [0.15, 0.2) is 18.2 Å². The number of carbonyl (C=O) groups excluding carboxylic acids is 3. The summed E-state index contributed by atoms with van der Waals surface area (Å²) < 4.78 is 4.51. The van der Waals surface area contributed by atoms with Gasteiger partial charge >= 0.3 is 5.97 Å². The van der Waals surface area contributed by atoms with Gasteiger partial charge in [0.1, 0.15) is 6.54 Å². The minimum absolute atomic E-state index is 0.237. The van der Waals surface area contributed by atoms with Gasteiger partial charge in [-0.05, 0) is 18.6 Å². The Bertz CT molecular complexity index is 521. The fourth-order valence-corrected chi connectivity index (χ4v) is 1.88. The quantitative estimate of drug-likeness (QED) is 0.557. The van der Waals surface area contributed by atoms with Gasteiger partial charge in [0.15, 0.2) is 0 Å². The molecule has 5 heteroatoms. The van der Waals surface area contributed by atoms with E-state index in [-0.39, 0.29) is 6.54 Å². The number of ketones is 1. The summed E-state index contributed by atoms with van der Waals surface area (Å²) in [5.41, 5.74) is 1.64. The monoisotopic (exact) mass is 233 g/mol. The standard InChI is InChI=1S/C12H11NO4/c1-7-4-3-5-8-10(7)13(6-9(14)17-2)12(16)11(8)15/h3-5H,6H2,1-2H3. The maximum atomic E-state index is 11.7. The number of rotatable bonds is 2. The molecule has 0 aromatic heterocycles.